The fraction of sp³-hybridized carbons (Fsp3) is 0.615. The van der Waals surface area contributed by atoms with E-state index in [9.17, 15) is 13.2 Å². The summed E-state index contributed by atoms with van der Waals surface area (Å²) in [5.74, 6) is 0.428. The van der Waals surface area contributed by atoms with E-state index in [0.717, 1.165) is 12.1 Å². The molecule has 0 atom stereocenters. The molecule has 0 aliphatic carbocycles. The number of hydrogen-bond donors (Lipinski definition) is 2. The van der Waals surface area contributed by atoms with E-state index < -0.39 is 11.7 Å². The van der Waals surface area contributed by atoms with E-state index in [1.165, 1.54) is 7.05 Å². The van der Waals surface area contributed by atoms with E-state index in [-0.39, 0.29) is 24.3 Å². The second kappa shape index (κ2) is 6.78. The average Bonchev–Trinajstić information content (AvgIpc) is 2.37. The van der Waals surface area contributed by atoms with Crippen LogP contribution in [0, 0.1) is 0 Å². The Bertz CT molecular complexity index is 435. The summed E-state index contributed by atoms with van der Waals surface area (Å²) >= 11 is 0. The Hall–Kier alpha value is -1.50. The summed E-state index contributed by atoms with van der Waals surface area (Å²) in [6.45, 7) is 4.18. The van der Waals surface area contributed by atoms with E-state index in [0.29, 0.717) is 13.0 Å². The van der Waals surface area contributed by atoms with Gasteiger partial charge in [-0.25, -0.2) is 4.98 Å². The van der Waals surface area contributed by atoms with Gasteiger partial charge in [-0.2, -0.15) is 13.2 Å². The first kappa shape index (κ1) is 16.6. The number of aliphatic hydroxyl groups is 1. The summed E-state index contributed by atoms with van der Waals surface area (Å²) in [5.41, 5.74) is -0.735. The van der Waals surface area contributed by atoms with Gasteiger partial charge in [0.05, 0.1) is 5.56 Å². The average molecular weight is 291 g/mol. The molecular weight excluding hydrogens is 271 g/mol. The Balaban J connectivity index is 3.19. The van der Waals surface area contributed by atoms with Crippen molar-refractivity contribution in [1.29, 1.82) is 0 Å². The maximum atomic E-state index is 12.9. The zero-order valence-electron chi connectivity index (χ0n) is 11.8. The van der Waals surface area contributed by atoms with Crippen LogP contribution >= 0.6 is 0 Å². The lowest BCUT2D eigenvalue weighted by atomic mass is 10.2. The minimum Gasteiger partial charge on any atom is -0.396 e. The highest BCUT2D eigenvalue weighted by Crippen LogP contribution is 2.33. The molecule has 1 aromatic rings. The minimum absolute atomic E-state index is 0.0118. The van der Waals surface area contributed by atoms with Crippen molar-refractivity contribution in [2.75, 3.05) is 30.4 Å². The molecule has 0 saturated heterocycles. The third kappa shape index (κ3) is 4.26. The Morgan fingerprint density at radius 1 is 1.35 bits per heavy atom. The van der Waals surface area contributed by atoms with Crippen LogP contribution in [0.25, 0.3) is 0 Å². The van der Waals surface area contributed by atoms with Gasteiger partial charge >= 0.3 is 6.18 Å². The summed E-state index contributed by atoms with van der Waals surface area (Å²) in [6.07, 6.45) is -3.94. The number of halogens is 3. The van der Waals surface area contributed by atoms with Crippen molar-refractivity contribution in [1.82, 2.24) is 4.98 Å². The molecule has 4 nitrogen and oxygen atoms in total. The number of pyridine rings is 1. The molecule has 0 bridgehead atoms. The second-order valence-corrected chi connectivity index (χ2v) is 4.71. The molecule has 0 spiro atoms. The molecule has 0 aliphatic rings. The molecule has 20 heavy (non-hydrogen) atoms. The highest BCUT2D eigenvalue weighted by Gasteiger charge is 2.32. The van der Waals surface area contributed by atoms with Crippen molar-refractivity contribution in [3.63, 3.8) is 0 Å². The summed E-state index contributed by atoms with van der Waals surface area (Å²) < 4.78 is 38.7. The zero-order valence-corrected chi connectivity index (χ0v) is 11.8. The summed E-state index contributed by atoms with van der Waals surface area (Å²) in [4.78, 5) is 5.92. The fourth-order valence-corrected chi connectivity index (χ4v) is 1.83. The van der Waals surface area contributed by atoms with Crippen LogP contribution in [0.4, 0.5) is 24.8 Å². The number of nitrogens with zero attached hydrogens (tertiary/aromatic N) is 2. The van der Waals surface area contributed by atoms with E-state index >= 15 is 0 Å². The quantitative estimate of drug-likeness (QED) is 0.846. The lowest BCUT2D eigenvalue weighted by molar-refractivity contribution is -0.137. The van der Waals surface area contributed by atoms with Crippen molar-refractivity contribution in [3.05, 3.63) is 17.7 Å². The van der Waals surface area contributed by atoms with Crippen LogP contribution in [-0.4, -0.2) is 36.3 Å². The van der Waals surface area contributed by atoms with Gasteiger partial charge < -0.3 is 15.3 Å². The highest BCUT2D eigenvalue weighted by molar-refractivity contribution is 5.51. The van der Waals surface area contributed by atoms with E-state index in [1.54, 1.807) is 4.90 Å². The number of anilines is 2. The zero-order chi connectivity index (χ0) is 15.3. The monoisotopic (exact) mass is 291 g/mol. The first-order valence-electron chi connectivity index (χ1n) is 6.44. The number of aliphatic hydroxyl groups excluding tert-OH is 1. The fourth-order valence-electron chi connectivity index (χ4n) is 1.83. The van der Waals surface area contributed by atoms with Gasteiger partial charge in [0.15, 0.2) is 0 Å². The minimum atomic E-state index is -4.41. The van der Waals surface area contributed by atoms with Crippen molar-refractivity contribution < 1.29 is 18.3 Å². The van der Waals surface area contributed by atoms with Gasteiger partial charge in [0, 0.05) is 26.2 Å². The summed E-state index contributed by atoms with van der Waals surface area (Å²) in [6, 6.07) is 2.01. The molecule has 0 aromatic carbocycles. The Morgan fingerprint density at radius 3 is 2.45 bits per heavy atom. The van der Waals surface area contributed by atoms with Crippen LogP contribution in [0.3, 0.4) is 0 Å². The summed E-state index contributed by atoms with van der Waals surface area (Å²) in [5, 5.41) is 11.5. The molecule has 1 aromatic heterocycles. The molecule has 2 N–H and O–H groups in total. The van der Waals surface area contributed by atoms with Crippen LogP contribution in [-0.2, 0) is 6.18 Å². The number of alkyl halides is 3. The molecule has 0 saturated carbocycles. The lowest BCUT2D eigenvalue weighted by Crippen LogP contribution is -2.33. The van der Waals surface area contributed by atoms with Gasteiger partial charge in [0.2, 0.25) is 0 Å². The number of aromatic nitrogens is 1. The number of hydrogen-bond acceptors (Lipinski definition) is 4. The van der Waals surface area contributed by atoms with E-state index in [1.807, 2.05) is 13.8 Å². The second-order valence-electron chi connectivity index (χ2n) is 4.71. The maximum absolute atomic E-state index is 12.9. The van der Waals surface area contributed by atoms with Crippen LogP contribution in [0.1, 0.15) is 25.8 Å². The van der Waals surface area contributed by atoms with Gasteiger partial charge in [-0.15, -0.1) is 0 Å². The number of nitrogens with one attached hydrogen (secondary N) is 1. The van der Waals surface area contributed by atoms with Gasteiger partial charge in [0.25, 0.3) is 0 Å². The van der Waals surface area contributed by atoms with Crippen molar-refractivity contribution in [2.45, 2.75) is 32.5 Å². The Kier molecular flexibility index (Phi) is 5.62. The topological polar surface area (TPSA) is 48.4 Å². The number of rotatable bonds is 6. The molecule has 0 radical (unpaired) electrons. The Morgan fingerprint density at radius 2 is 2.00 bits per heavy atom. The first-order chi connectivity index (χ1) is 9.29. The molecular formula is C13H20F3N3O. The predicted molar refractivity (Wildman–Crippen MR) is 73.0 cm³/mol. The van der Waals surface area contributed by atoms with Gasteiger partial charge in [0.1, 0.15) is 11.6 Å². The van der Waals surface area contributed by atoms with E-state index in [4.69, 9.17) is 5.11 Å². The maximum Gasteiger partial charge on any atom is 0.416 e. The van der Waals surface area contributed by atoms with E-state index in [2.05, 4.69) is 10.3 Å². The van der Waals surface area contributed by atoms with Crippen LogP contribution in [0.5, 0.6) is 0 Å². The predicted octanol–water partition coefficient (Wildman–Crippen LogP) is 2.74. The third-order valence-corrected chi connectivity index (χ3v) is 2.87. The molecule has 7 heteroatoms. The van der Waals surface area contributed by atoms with Crippen molar-refractivity contribution in [2.24, 2.45) is 0 Å². The van der Waals surface area contributed by atoms with Crippen molar-refractivity contribution in [3.8, 4) is 0 Å². The standard InChI is InChI=1S/C13H20F3N3O/c1-9(2)19(5-4-6-20)12-8-10(13(14,15)16)7-11(17-3)18-12/h7-9,20H,4-6H2,1-3H3,(H,17,18). The van der Waals surface area contributed by atoms with Crippen LogP contribution in [0.15, 0.2) is 12.1 Å². The molecule has 0 aliphatic heterocycles. The van der Waals surface area contributed by atoms with Gasteiger partial charge in [-0.1, -0.05) is 0 Å². The first-order valence-corrected chi connectivity index (χ1v) is 6.44. The molecule has 114 valence electrons. The third-order valence-electron chi connectivity index (χ3n) is 2.87. The SMILES string of the molecule is CNc1cc(C(F)(F)F)cc(N(CCCO)C(C)C)n1. The normalized spacial score (nSPS) is 11.8. The van der Waals surface area contributed by atoms with Crippen LogP contribution < -0.4 is 10.2 Å². The van der Waals surface area contributed by atoms with Gasteiger partial charge in [-0.05, 0) is 32.4 Å². The molecule has 0 unspecified atom stereocenters. The van der Waals surface area contributed by atoms with Gasteiger partial charge in [-0.3, -0.25) is 0 Å². The summed E-state index contributed by atoms with van der Waals surface area (Å²) in [7, 11) is 1.53. The highest BCUT2D eigenvalue weighted by atomic mass is 19.4. The molecule has 1 heterocycles. The smallest absolute Gasteiger partial charge is 0.396 e. The van der Waals surface area contributed by atoms with Crippen LogP contribution in [0.2, 0.25) is 0 Å². The van der Waals surface area contributed by atoms with Crippen molar-refractivity contribution >= 4 is 11.6 Å². The lowest BCUT2D eigenvalue weighted by Gasteiger charge is -2.28. The Labute approximate surface area is 116 Å². The largest absolute Gasteiger partial charge is 0.416 e. The molecule has 0 fully saturated rings. The molecule has 0 amide bonds. The molecule has 1 rings (SSSR count).